The van der Waals surface area contributed by atoms with E-state index < -0.39 is 45.1 Å². The SMILES string of the molecule is Cc1ccc(S(=O)(=O)O)cc1.Cc1ccc(S(=O)(=O)O)cc1.N[C@@H](Cc1ccccc1)[C@H](O)CNCC(F)(F)F. The number of aliphatic hydroxyl groups excluding tert-OH is 1. The zero-order chi connectivity index (χ0) is 30.6. The van der Waals surface area contributed by atoms with Gasteiger partial charge in [0.15, 0.2) is 0 Å². The van der Waals surface area contributed by atoms with E-state index in [0.717, 1.165) is 16.7 Å². The highest BCUT2D eigenvalue weighted by atomic mass is 32.2. The van der Waals surface area contributed by atoms with E-state index >= 15 is 0 Å². The summed E-state index contributed by atoms with van der Waals surface area (Å²) in [6, 6.07) is 20.6. The fraction of sp³-hybridized carbons (Fsp3) is 0.308. The molecule has 3 rings (SSSR count). The van der Waals surface area contributed by atoms with E-state index in [4.69, 9.17) is 14.8 Å². The van der Waals surface area contributed by atoms with Gasteiger partial charge < -0.3 is 16.2 Å². The molecule has 0 amide bonds. The maximum absolute atomic E-state index is 11.9. The largest absolute Gasteiger partial charge is 0.401 e. The van der Waals surface area contributed by atoms with Gasteiger partial charge in [0.2, 0.25) is 0 Å². The minimum Gasteiger partial charge on any atom is -0.390 e. The molecule has 0 saturated heterocycles. The monoisotopic (exact) mass is 606 g/mol. The number of rotatable bonds is 8. The maximum Gasteiger partial charge on any atom is 0.401 e. The average Bonchev–Trinajstić information content (AvgIpc) is 2.84. The molecule has 0 spiro atoms. The third kappa shape index (κ3) is 15.1. The van der Waals surface area contributed by atoms with E-state index in [1.54, 1.807) is 24.3 Å². The summed E-state index contributed by atoms with van der Waals surface area (Å²) >= 11 is 0. The molecule has 0 heterocycles. The Hall–Kier alpha value is -2.85. The summed E-state index contributed by atoms with van der Waals surface area (Å²) in [7, 11) is -8.04. The quantitative estimate of drug-likeness (QED) is 0.241. The van der Waals surface area contributed by atoms with Crippen LogP contribution in [0.15, 0.2) is 88.7 Å². The number of hydrogen-bond acceptors (Lipinski definition) is 7. The predicted octanol–water partition coefficient (Wildman–Crippen LogP) is 3.55. The minimum atomic E-state index is -4.27. The van der Waals surface area contributed by atoms with Crippen LogP contribution < -0.4 is 11.1 Å². The van der Waals surface area contributed by atoms with Crippen LogP contribution in [-0.2, 0) is 26.7 Å². The number of benzene rings is 3. The van der Waals surface area contributed by atoms with Crippen molar-refractivity contribution in [2.45, 2.75) is 48.4 Å². The Kier molecular flexibility index (Phi) is 13.9. The predicted molar refractivity (Wildman–Crippen MR) is 145 cm³/mol. The molecule has 0 fully saturated rings. The van der Waals surface area contributed by atoms with Crippen LogP contribution in [0, 0.1) is 13.8 Å². The van der Waals surface area contributed by atoms with Crippen LogP contribution in [0.5, 0.6) is 0 Å². The molecule has 6 N–H and O–H groups in total. The first kappa shape index (κ1) is 35.2. The third-order valence-corrected chi connectivity index (χ3v) is 6.86. The van der Waals surface area contributed by atoms with Gasteiger partial charge in [0.05, 0.1) is 22.4 Å². The second-order valence-electron chi connectivity index (χ2n) is 8.74. The van der Waals surface area contributed by atoms with Gasteiger partial charge in [0.25, 0.3) is 20.2 Å². The van der Waals surface area contributed by atoms with Gasteiger partial charge in [-0.3, -0.25) is 9.11 Å². The number of nitrogens with two attached hydrogens (primary N) is 1. The van der Waals surface area contributed by atoms with E-state index in [2.05, 4.69) is 5.32 Å². The summed E-state index contributed by atoms with van der Waals surface area (Å²) < 4.78 is 94.7. The lowest BCUT2D eigenvalue weighted by Gasteiger charge is -2.19. The molecule has 2 atom stereocenters. The Balaban J connectivity index is 0.000000315. The molecule has 40 heavy (non-hydrogen) atoms. The molecule has 0 aliphatic carbocycles. The van der Waals surface area contributed by atoms with E-state index in [1.807, 2.05) is 44.2 Å². The Labute approximate surface area is 232 Å². The van der Waals surface area contributed by atoms with Gasteiger partial charge in [-0.05, 0) is 50.1 Å². The number of nitrogens with one attached hydrogen (secondary N) is 1. The second kappa shape index (κ2) is 15.8. The van der Waals surface area contributed by atoms with Crippen molar-refractivity contribution in [3.05, 3.63) is 95.6 Å². The summed E-state index contributed by atoms with van der Waals surface area (Å²) in [6.45, 7) is 2.39. The summed E-state index contributed by atoms with van der Waals surface area (Å²) in [5.41, 5.74) is 8.58. The summed E-state index contributed by atoms with van der Waals surface area (Å²) in [6.07, 6.45) is -4.86. The number of hydrogen-bond donors (Lipinski definition) is 5. The zero-order valence-electron chi connectivity index (χ0n) is 21.8. The maximum atomic E-state index is 11.9. The standard InChI is InChI=1S/C12H17F3N2O.2C7H8O3S/c13-12(14,15)8-17-7-11(18)10(16)6-9-4-2-1-3-5-9;2*1-6-2-4-7(5-3-6)11(8,9)10/h1-5,10-11,17-18H,6-8,16H2;2*2-5H,1H3,(H,8,9,10)/t10-,11+;;/m0../s1. The molecule has 0 saturated carbocycles. The van der Waals surface area contributed by atoms with Gasteiger partial charge in [-0.2, -0.15) is 30.0 Å². The van der Waals surface area contributed by atoms with Gasteiger partial charge in [0.1, 0.15) is 0 Å². The van der Waals surface area contributed by atoms with Crippen LogP contribution in [0.2, 0.25) is 0 Å². The van der Waals surface area contributed by atoms with Crippen LogP contribution in [0.4, 0.5) is 13.2 Å². The van der Waals surface area contributed by atoms with Crippen molar-refractivity contribution < 1.29 is 44.2 Å². The second-order valence-corrected chi connectivity index (χ2v) is 11.6. The Morgan fingerprint density at radius 3 is 1.52 bits per heavy atom. The molecule has 3 aromatic carbocycles. The van der Waals surface area contributed by atoms with Crippen LogP contribution in [-0.4, -0.2) is 62.5 Å². The van der Waals surface area contributed by atoms with E-state index in [0.29, 0.717) is 6.42 Å². The Bertz CT molecular complexity index is 1300. The summed E-state index contributed by atoms with van der Waals surface area (Å²) in [5, 5.41) is 11.8. The highest BCUT2D eigenvalue weighted by Crippen LogP contribution is 2.12. The normalized spacial score (nSPS) is 13.2. The Morgan fingerprint density at radius 2 is 1.18 bits per heavy atom. The lowest BCUT2D eigenvalue weighted by molar-refractivity contribution is -0.125. The fourth-order valence-electron chi connectivity index (χ4n) is 2.96. The van der Waals surface area contributed by atoms with Crippen molar-refractivity contribution in [2.75, 3.05) is 13.1 Å². The number of halogens is 3. The molecule has 0 aliphatic heterocycles. The Morgan fingerprint density at radius 1 is 0.775 bits per heavy atom. The lowest BCUT2D eigenvalue weighted by atomic mass is 10.0. The average molecular weight is 607 g/mol. The number of aryl methyl sites for hydroxylation is 2. The first-order valence-electron chi connectivity index (χ1n) is 11.7. The summed E-state index contributed by atoms with van der Waals surface area (Å²) in [4.78, 5) is -0.133. The van der Waals surface area contributed by atoms with Crippen LogP contribution in [0.25, 0.3) is 0 Å². The zero-order valence-corrected chi connectivity index (χ0v) is 23.4. The van der Waals surface area contributed by atoms with Crippen LogP contribution >= 0.6 is 0 Å². The number of aliphatic hydroxyl groups is 1. The number of alkyl halides is 3. The molecule has 14 heteroatoms. The van der Waals surface area contributed by atoms with Gasteiger partial charge in [-0.1, -0.05) is 65.7 Å². The van der Waals surface area contributed by atoms with E-state index in [9.17, 15) is 35.1 Å². The van der Waals surface area contributed by atoms with E-state index in [1.165, 1.54) is 24.3 Å². The van der Waals surface area contributed by atoms with Crippen LogP contribution in [0.1, 0.15) is 16.7 Å². The molecule has 3 aromatic rings. The first-order chi connectivity index (χ1) is 18.4. The van der Waals surface area contributed by atoms with Crippen molar-refractivity contribution >= 4 is 20.2 Å². The molecule has 0 bridgehead atoms. The molecule has 0 unspecified atom stereocenters. The molecule has 0 aromatic heterocycles. The van der Waals surface area contributed by atoms with Crippen molar-refractivity contribution in [2.24, 2.45) is 5.73 Å². The third-order valence-electron chi connectivity index (χ3n) is 5.13. The molecular formula is C26H33F3N2O7S2. The highest BCUT2D eigenvalue weighted by Gasteiger charge is 2.27. The molecule has 0 aliphatic rings. The molecule has 222 valence electrons. The van der Waals surface area contributed by atoms with Crippen molar-refractivity contribution in [3.63, 3.8) is 0 Å². The van der Waals surface area contributed by atoms with Crippen molar-refractivity contribution in [1.29, 1.82) is 0 Å². The molecular weight excluding hydrogens is 573 g/mol. The smallest absolute Gasteiger partial charge is 0.390 e. The van der Waals surface area contributed by atoms with Crippen molar-refractivity contribution in [3.8, 4) is 0 Å². The molecule has 0 radical (unpaired) electrons. The van der Waals surface area contributed by atoms with Crippen LogP contribution in [0.3, 0.4) is 0 Å². The van der Waals surface area contributed by atoms with Crippen molar-refractivity contribution in [1.82, 2.24) is 5.32 Å². The van der Waals surface area contributed by atoms with Gasteiger partial charge >= 0.3 is 6.18 Å². The van der Waals surface area contributed by atoms with Gasteiger partial charge in [0, 0.05) is 12.6 Å². The highest BCUT2D eigenvalue weighted by molar-refractivity contribution is 7.86. The first-order valence-corrected chi connectivity index (χ1v) is 14.6. The minimum absolute atomic E-state index is 0.0666. The van der Waals surface area contributed by atoms with Gasteiger partial charge in [-0.25, -0.2) is 0 Å². The topological polar surface area (TPSA) is 167 Å². The molecule has 9 nitrogen and oxygen atoms in total. The van der Waals surface area contributed by atoms with Gasteiger partial charge in [-0.15, -0.1) is 0 Å². The lowest BCUT2D eigenvalue weighted by Crippen LogP contribution is -2.44. The van der Waals surface area contributed by atoms with E-state index in [-0.39, 0.29) is 16.3 Å². The summed E-state index contributed by atoms with van der Waals surface area (Å²) in [5.74, 6) is 0. The fourth-order valence-corrected chi connectivity index (χ4v) is 3.92.